The highest BCUT2D eigenvalue weighted by molar-refractivity contribution is 6.13. The molecule has 0 atom stereocenters. The molecule has 0 saturated heterocycles. The van der Waals surface area contributed by atoms with Gasteiger partial charge in [-0.15, -0.1) is 0 Å². The van der Waals surface area contributed by atoms with Crippen LogP contribution < -0.4 is 21.3 Å². The smallest absolute Gasteiger partial charge is 0.319 e. The van der Waals surface area contributed by atoms with Crippen LogP contribution in [0.2, 0.25) is 0 Å². The summed E-state index contributed by atoms with van der Waals surface area (Å²) in [6, 6.07) is 7.15. The number of hydrogen-bond donors (Lipinski definition) is 6. The van der Waals surface area contributed by atoms with Crippen LogP contribution >= 0.6 is 0 Å². The van der Waals surface area contributed by atoms with Crippen LogP contribution in [0.4, 0.5) is 22.2 Å². The van der Waals surface area contributed by atoms with Gasteiger partial charge in [-0.1, -0.05) is 32.4 Å². The van der Waals surface area contributed by atoms with Crippen molar-refractivity contribution in [1.82, 2.24) is 15.3 Å². The number of aliphatic hydroxyl groups is 1. The maximum absolute atomic E-state index is 11.9. The van der Waals surface area contributed by atoms with Crippen LogP contribution in [0.3, 0.4) is 0 Å². The number of amides is 2. The summed E-state index contributed by atoms with van der Waals surface area (Å²) in [5, 5.41) is 31.0. The zero-order valence-electron chi connectivity index (χ0n) is 20.2. The van der Waals surface area contributed by atoms with Gasteiger partial charge in [0.2, 0.25) is 5.95 Å². The molecule has 1 heterocycles. The summed E-state index contributed by atoms with van der Waals surface area (Å²) >= 11 is 0. The lowest BCUT2D eigenvalue weighted by atomic mass is 9.93. The third-order valence-electron chi connectivity index (χ3n) is 5.88. The van der Waals surface area contributed by atoms with Gasteiger partial charge in [0.25, 0.3) is 0 Å². The molecule has 9 nitrogen and oxygen atoms in total. The number of benzene rings is 1. The minimum absolute atomic E-state index is 0.196. The first-order valence-corrected chi connectivity index (χ1v) is 12.3. The quantitative estimate of drug-likeness (QED) is 0.215. The number of nitrogens with zero attached hydrogens (tertiary/aromatic N) is 2. The van der Waals surface area contributed by atoms with E-state index in [4.69, 9.17) is 5.41 Å². The Kier molecular flexibility index (Phi) is 9.63. The first-order valence-electron chi connectivity index (χ1n) is 12.3. The van der Waals surface area contributed by atoms with Gasteiger partial charge in [-0.3, -0.25) is 5.41 Å². The highest BCUT2D eigenvalue weighted by atomic mass is 16.3. The molecule has 9 heteroatoms. The molecule has 6 N–H and O–H groups in total. The average molecular weight is 468 g/mol. The SMILES string of the molecule is CCCCNc1ncc(C(=N)c2ccc(NC(=O)NCCC)cc2)c(NC2CCC(O)CC2)n1. The Labute approximate surface area is 201 Å². The van der Waals surface area contributed by atoms with E-state index in [1.54, 1.807) is 18.3 Å². The highest BCUT2D eigenvalue weighted by Gasteiger charge is 2.22. The second-order valence-electron chi connectivity index (χ2n) is 8.72. The van der Waals surface area contributed by atoms with Gasteiger partial charge in [0, 0.05) is 36.6 Å². The number of aliphatic hydroxyl groups excluding tert-OH is 1. The lowest BCUT2D eigenvalue weighted by Crippen LogP contribution is -2.29. The van der Waals surface area contributed by atoms with E-state index in [1.807, 2.05) is 19.1 Å². The maximum atomic E-state index is 11.9. The average Bonchev–Trinajstić information content (AvgIpc) is 2.84. The van der Waals surface area contributed by atoms with E-state index in [9.17, 15) is 9.90 Å². The Morgan fingerprint density at radius 3 is 2.50 bits per heavy atom. The van der Waals surface area contributed by atoms with Crippen molar-refractivity contribution in [2.45, 2.75) is 70.9 Å². The van der Waals surface area contributed by atoms with Gasteiger partial charge in [-0.05, 0) is 50.7 Å². The number of urea groups is 1. The van der Waals surface area contributed by atoms with E-state index >= 15 is 0 Å². The molecule has 1 aromatic carbocycles. The molecule has 184 valence electrons. The number of anilines is 3. The minimum Gasteiger partial charge on any atom is -0.393 e. The van der Waals surface area contributed by atoms with Crippen LogP contribution in [0.15, 0.2) is 30.5 Å². The van der Waals surface area contributed by atoms with Crippen LogP contribution in [0, 0.1) is 5.41 Å². The van der Waals surface area contributed by atoms with Gasteiger partial charge in [-0.25, -0.2) is 9.78 Å². The Morgan fingerprint density at radius 1 is 1.09 bits per heavy atom. The van der Waals surface area contributed by atoms with E-state index in [2.05, 4.69) is 38.2 Å². The molecule has 0 spiro atoms. The second-order valence-corrected chi connectivity index (χ2v) is 8.72. The summed E-state index contributed by atoms with van der Waals surface area (Å²) < 4.78 is 0. The summed E-state index contributed by atoms with van der Waals surface area (Å²) in [4.78, 5) is 21.0. The number of carbonyl (C=O) groups excluding carboxylic acids is 1. The summed E-state index contributed by atoms with van der Waals surface area (Å²) in [5.41, 5.74) is 2.29. The third kappa shape index (κ3) is 7.41. The van der Waals surface area contributed by atoms with Crippen LogP contribution in [-0.4, -0.2) is 52.1 Å². The fraction of sp³-hybridized carbons (Fsp3) is 0.520. The van der Waals surface area contributed by atoms with E-state index < -0.39 is 0 Å². The Bertz CT molecular complexity index is 941. The van der Waals surface area contributed by atoms with E-state index in [1.165, 1.54) is 0 Å². The molecule has 1 aromatic heterocycles. The first kappa shape index (κ1) is 25.4. The molecule has 1 aliphatic rings. The summed E-state index contributed by atoms with van der Waals surface area (Å²) in [6.07, 6.45) is 7.67. The molecule has 1 fully saturated rings. The summed E-state index contributed by atoms with van der Waals surface area (Å²) in [7, 11) is 0. The standard InChI is InChI=1S/C25H37N7O2/c1-3-5-15-27-24-29-16-21(23(32-24)30-18-10-12-20(33)13-11-18)22(26)17-6-8-19(9-7-17)31-25(34)28-14-4-2/h6-9,16,18,20,26,33H,3-5,10-15H2,1-2H3,(H2,28,31,34)(H2,27,29,30,32). The number of rotatable bonds is 11. The van der Waals surface area contributed by atoms with Crippen molar-refractivity contribution in [2.75, 3.05) is 29.0 Å². The fourth-order valence-corrected chi connectivity index (χ4v) is 3.84. The van der Waals surface area contributed by atoms with Crippen molar-refractivity contribution in [3.8, 4) is 0 Å². The minimum atomic E-state index is -0.242. The Morgan fingerprint density at radius 2 is 1.82 bits per heavy atom. The predicted octanol–water partition coefficient (Wildman–Crippen LogP) is 4.35. The number of nitrogens with one attached hydrogen (secondary N) is 5. The zero-order chi connectivity index (χ0) is 24.3. The molecule has 2 aromatic rings. The topological polar surface area (TPSA) is 135 Å². The third-order valence-corrected chi connectivity index (χ3v) is 5.88. The van der Waals surface area contributed by atoms with Gasteiger partial charge in [-0.2, -0.15) is 4.98 Å². The number of unbranched alkanes of at least 4 members (excludes halogenated alkanes) is 1. The molecule has 1 saturated carbocycles. The lowest BCUT2D eigenvalue weighted by Gasteiger charge is -2.27. The number of aromatic nitrogens is 2. The molecular weight excluding hydrogens is 430 g/mol. The maximum Gasteiger partial charge on any atom is 0.319 e. The molecule has 2 amide bonds. The molecular formula is C25H37N7O2. The summed E-state index contributed by atoms with van der Waals surface area (Å²) in [5.74, 6) is 1.17. The predicted molar refractivity (Wildman–Crippen MR) is 137 cm³/mol. The monoisotopic (exact) mass is 467 g/mol. The van der Waals surface area contributed by atoms with Crippen LogP contribution in [0.1, 0.15) is 69.9 Å². The normalized spacial score (nSPS) is 17.6. The van der Waals surface area contributed by atoms with Gasteiger partial charge in [0.05, 0.1) is 17.4 Å². The largest absolute Gasteiger partial charge is 0.393 e. The van der Waals surface area contributed by atoms with Crippen LogP contribution in [-0.2, 0) is 0 Å². The highest BCUT2D eigenvalue weighted by Crippen LogP contribution is 2.25. The van der Waals surface area contributed by atoms with Gasteiger partial charge in [0.1, 0.15) is 5.82 Å². The van der Waals surface area contributed by atoms with Crippen LogP contribution in [0.5, 0.6) is 0 Å². The van der Waals surface area contributed by atoms with Gasteiger partial charge < -0.3 is 26.4 Å². The van der Waals surface area contributed by atoms with E-state index in [0.717, 1.165) is 51.5 Å². The van der Waals surface area contributed by atoms with Crippen molar-refractivity contribution in [3.63, 3.8) is 0 Å². The molecule has 1 aliphatic carbocycles. The second kappa shape index (κ2) is 12.9. The summed E-state index contributed by atoms with van der Waals surface area (Å²) in [6.45, 7) is 5.55. The molecule has 0 aliphatic heterocycles. The lowest BCUT2D eigenvalue weighted by molar-refractivity contribution is 0.126. The van der Waals surface area contributed by atoms with Gasteiger partial charge in [0.15, 0.2) is 0 Å². The van der Waals surface area contributed by atoms with Crippen molar-refractivity contribution in [2.24, 2.45) is 0 Å². The zero-order valence-corrected chi connectivity index (χ0v) is 20.2. The molecule has 0 bridgehead atoms. The first-order chi connectivity index (χ1) is 16.5. The van der Waals surface area contributed by atoms with E-state index in [0.29, 0.717) is 40.8 Å². The van der Waals surface area contributed by atoms with Gasteiger partial charge >= 0.3 is 6.03 Å². The van der Waals surface area contributed by atoms with Crippen molar-refractivity contribution in [3.05, 3.63) is 41.6 Å². The van der Waals surface area contributed by atoms with Crippen molar-refractivity contribution < 1.29 is 9.90 Å². The van der Waals surface area contributed by atoms with Crippen molar-refractivity contribution >= 4 is 29.2 Å². The molecule has 34 heavy (non-hydrogen) atoms. The number of carbonyl (C=O) groups is 1. The Balaban J connectivity index is 1.76. The number of hydrogen-bond acceptors (Lipinski definition) is 7. The van der Waals surface area contributed by atoms with Crippen molar-refractivity contribution in [1.29, 1.82) is 5.41 Å². The van der Waals surface area contributed by atoms with E-state index in [-0.39, 0.29) is 18.2 Å². The molecule has 3 rings (SSSR count). The van der Waals surface area contributed by atoms with Crippen LogP contribution in [0.25, 0.3) is 0 Å². The fourth-order valence-electron chi connectivity index (χ4n) is 3.84. The Hall–Kier alpha value is -3.20. The molecule has 0 unspecified atom stereocenters. The molecule has 0 radical (unpaired) electrons.